The Labute approximate surface area is 80.2 Å². The zero-order chi connectivity index (χ0) is 9.40. The van der Waals surface area contributed by atoms with Gasteiger partial charge >= 0.3 is 0 Å². The molecule has 0 aliphatic rings. The lowest BCUT2D eigenvalue weighted by atomic mass is 10.3. The summed E-state index contributed by atoms with van der Waals surface area (Å²) in [5.41, 5.74) is 5.54. The smallest absolute Gasteiger partial charge is 0.0787 e. The van der Waals surface area contributed by atoms with E-state index in [4.69, 9.17) is 10.5 Å². The molecule has 0 heterocycles. The molecule has 0 rings (SSSR count). The number of ether oxygens (including phenoxy) is 1. The number of nitrogens with two attached hydrogens (primary N) is 1. The fourth-order valence-corrected chi connectivity index (χ4v) is 1.96. The first kappa shape index (κ1) is 12.3. The zero-order valence-electron chi connectivity index (χ0n) is 8.38. The molecule has 0 aromatic rings. The summed E-state index contributed by atoms with van der Waals surface area (Å²) in [5.74, 6) is 2.99. The molecule has 12 heavy (non-hydrogen) atoms. The third-order valence-electron chi connectivity index (χ3n) is 1.42. The Hall–Kier alpha value is 0.270. The fourth-order valence-electron chi connectivity index (χ4n) is 0.855. The second kappa shape index (κ2) is 7.90. The van der Waals surface area contributed by atoms with Crippen LogP contribution in [0.5, 0.6) is 0 Å². The Bertz CT molecular complexity index is 98.5. The van der Waals surface area contributed by atoms with Gasteiger partial charge in [-0.05, 0) is 18.6 Å². The van der Waals surface area contributed by atoms with Crippen molar-refractivity contribution in [2.24, 2.45) is 11.7 Å². The molecule has 2 N–H and O–H groups in total. The molecule has 0 radical (unpaired) electrons. The summed E-state index contributed by atoms with van der Waals surface area (Å²) >= 11 is 1.93. The van der Waals surface area contributed by atoms with Crippen LogP contribution in [-0.2, 0) is 4.74 Å². The third-order valence-corrected chi connectivity index (χ3v) is 2.93. The molecule has 1 unspecified atom stereocenters. The third kappa shape index (κ3) is 6.95. The van der Waals surface area contributed by atoms with Crippen LogP contribution in [0.15, 0.2) is 0 Å². The van der Waals surface area contributed by atoms with Gasteiger partial charge in [-0.3, -0.25) is 0 Å². The van der Waals surface area contributed by atoms with Crippen molar-refractivity contribution in [3.63, 3.8) is 0 Å². The SMILES string of the molecule is CCOC(CN)CSCC(C)C. The molecule has 0 amide bonds. The Morgan fingerprint density at radius 3 is 2.42 bits per heavy atom. The largest absolute Gasteiger partial charge is 0.376 e. The lowest BCUT2D eigenvalue weighted by Crippen LogP contribution is -2.26. The molecular formula is C9H21NOS. The van der Waals surface area contributed by atoms with Crippen LogP contribution in [0.4, 0.5) is 0 Å². The van der Waals surface area contributed by atoms with Crippen LogP contribution in [0.25, 0.3) is 0 Å². The second-order valence-electron chi connectivity index (χ2n) is 3.24. The molecule has 3 heteroatoms. The molecule has 0 aliphatic heterocycles. The van der Waals surface area contributed by atoms with Crippen LogP contribution in [0.2, 0.25) is 0 Å². The molecule has 0 spiro atoms. The molecule has 74 valence electrons. The number of rotatable bonds is 7. The van der Waals surface area contributed by atoms with E-state index in [0.717, 1.165) is 18.3 Å². The van der Waals surface area contributed by atoms with Crippen molar-refractivity contribution in [2.75, 3.05) is 24.7 Å². The van der Waals surface area contributed by atoms with Gasteiger partial charge in [0.05, 0.1) is 6.10 Å². The molecule has 0 saturated heterocycles. The predicted octanol–water partition coefficient (Wildman–Crippen LogP) is 1.74. The molecule has 0 aromatic carbocycles. The van der Waals surface area contributed by atoms with Crippen molar-refractivity contribution >= 4 is 11.8 Å². The van der Waals surface area contributed by atoms with Crippen molar-refractivity contribution in [3.05, 3.63) is 0 Å². The number of thioether (sulfide) groups is 1. The van der Waals surface area contributed by atoms with E-state index in [0.29, 0.717) is 6.54 Å². The first-order valence-electron chi connectivity index (χ1n) is 4.60. The highest BCUT2D eigenvalue weighted by Gasteiger charge is 2.05. The molecule has 0 bridgehead atoms. The van der Waals surface area contributed by atoms with Gasteiger partial charge in [-0.25, -0.2) is 0 Å². The van der Waals surface area contributed by atoms with Gasteiger partial charge in [0.2, 0.25) is 0 Å². The molecule has 2 nitrogen and oxygen atoms in total. The monoisotopic (exact) mass is 191 g/mol. The standard InChI is InChI=1S/C9H21NOS/c1-4-11-9(5-10)7-12-6-8(2)3/h8-9H,4-7,10H2,1-3H3. The van der Waals surface area contributed by atoms with Gasteiger partial charge in [-0.2, -0.15) is 11.8 Å². The number of hydrogen-bond acceptors (Lipinski definition) is 3. The fraction of sp³-hybridized carbons (Fsp3) is 1.00. The van der Waals surface area contributed by atoms with Crippen molar-refractivity contribution in [1.29, 1.82) is 0 Å². The second-order valence-corrected chi connectivity index (χ2v) is 4.32. The Kier molecular flexibility index (Phi) is 8.07. The van der Waals surface area contributed by atoms with E-state index < -0.39 is 0 Å². The Morgan fingerprint density at radius 2 is 2.00 bits per heavy atom. The average Bonchev–Trinajstić information content (AvgIpc) is 2.02. The lowest BCUT2D eigenvalue weighted by Gasteiger charge is -2.14. The van der Waals surface area contributed by atoms with E-state index in [-0.39, 0.29) is 6.10 Å². The van der Waals surface area contributed by atoms with E-state index in [2.05, 4.69) is 13.8 Å². The zero-order valence-corrected chi connectivity index (χ0v) is 9.19. The van der Waals surface area contributed by atoms with Gasteiger partial charge in [-0.15, -0.1) is 0 Å². The van der Waals surface area contributed by atoms with Crippen LogP contribution in [-0.4, -0.2) is 30.8 Å². The molecule has 0 saturated carbocycles. The Balaban J connectivity index is 3.31. The van der Waals surface area contributed by atoms with Gasteiger partial charge in [0.1, 0.15) is 0 Å². The Morgan fingerprint density at radius 1 is 1.33 bits per heavy atom. The molecule has 0 aromatic heterocycles. The van der Waals surface area contributed by atoms with Gasteiger partial charge in [0.25, 0.3) is 0 Å². The topological polar surface area (TPSA) is 35.2 Å². The molecule has 0 fully saturated rings. The maximum absolute atomic E-state index is 5.54. The number of hydrogen-bond donors (Lipinski definition) is 1. The summed E-state index contributed by atoms with van der Waals surface area (Å²) in [4.78, 5) is 0. The summed E-state index contributed by atoms with van der Waals surface area (Å²) in [7, 11) is 0. The highest BCUT2D eigenvalue weighted by Crippen LogP contribution is 2.09. The summed E-state index contributed by atoms with van der Waals surface area (Å²) in [6, 6.07) is 0. The summed E-state index contributed by atoms with van der Waals surface area (Å²) < 4.78 is 5.43. The van der Waals surface area contributed by atoms with Crippen molar-refractivity contribution in [1.82, 2.24) is 0 Å². The van der Waals surface area contributed by atoms with Crippen LogP contribution in [0.1, 0.15) is 20.8 Å². The average molecular weight is 191 g/mol. The van der Waals surface area contributed by atoms with Crippen LogP contribution < -0.4 is 5.73 Å². The molecular weight excluding hydrogens is 170 g/mol. The lowest BCUT2D eigenvalue weighted by molar-refractivity contribution is 0.0858. The van der Waals surface area contributed by atoms with Crippen LogP contribution >= 0.6 is 11.8 Å². The van der Waals surface area contributed by atoms with Gasteiger partial charge in [0, 0.05) is 18.9 Å². The molecule has 0 aliphatic carbocycles. The molecule has 1 atom stereocenters. The quantitative estimate of drug-likeness (QED) is 0.666. The minimum absolute atomic E-state index is 0.249. The first-order chi connectivity index (χ1) is 5.70. The van der Waals surface area contributed by atoms with Gasteiger partial charge < -0.3 is 10.5 Å². The maximum Gasteiger partial charge on any atom is 0.0787 e. The minimum atomic E-state index is 0.249. The van der Waals surface area contributed by atoms with Gasteiger partial charge in [-0.1, -0.05) is 13.8 Å². The van der Waals surface area contributed by atoms with Crippen molar-refractivity contribution in [2.45, 2.75) is 26.9 Å². The van der Waals surface area contributed by atoms with Crippen molar-refractivity contribution < 1.29 is 4.74 Å². The van der Waals surface area contributed by atoms with E-state index >= 15 is 0 Å². The van der Waals surface area contributed by atoms with E-state index in [1.54, 1.807) is 0 Å². The van der Waals surface area contributed by atoms with E-state index in [9.17, 15) is 0 Å². The van der Waals surface area contributed by atoms with Gasteiger partial charge in [0.15, 0.2) is 0 Å². The minimum Gasteiger partial charge on any atom is -0.376 e. The van der Waals surface area contributed by atoms with Crippen LogP contribution in [0, 0.1) is 5.92 Å². The normalized spacial score (nSPS) is 13.8. The maximum atomic E-state index is 5.54. The van der Waals surface area contributed by atoms with Crippen LogP contribution in [0.3, 0.4) is 0 Å². The highest BCUT2D eigenvalue weighted by molar-refractivity contribution is 7.99. The first-order valence-corrected chi connectivity index (χ1v) is 5.75. The van der Waals surface area contributed by atoms with E-state index in [1.165, 1.54) is 5.75 Å². The summed E-state index contributed by atoms with van der Waals surface area (Å²) in [6.45, 7) is 7.87. The summed E-state index contributed by atoms with van der Waals surface area (Å²) in [6.07, 6.45) is 0.249. The predicted molar refractivity (Wildman–Crippen MR) is 56.6 cm³/mol. The van der Waals surface area contributed by atoms with Crippen molar-refractivity contribution in [3.8, 4) is 0 Å². The summed E-state index contributed by atoms with van der Waals surface area (Å²) in [5, 5.41) is 0. The highest BCUT2D eigenvalue weighted by atomic mass is 32.2. The van der Waals surface area contributed by atoms with E-state index in [1.807, 2.05) is 18.7 Å².